The molecule has 0 atom stereocenters. The highest BCUT2D eigenvalue weighted by atomic mass is 32.2. The van der Waals surface area contributed by atoms with Gasteiger partial charge in [-0.3, -0.25) is 4.72 Å². The normalized spacial score (nSPS) is 11.4. The second-order valence-electron chi connectivity index (χ2n) is 4.81. The highest BCUT2D eigenvalue weighted by molar-refractivity contribution is 7.94. The molecule has 7 nitrogen and oxygen atoms in total. The lowest BCUT2D eigenvalue weighted by atomic mass is 10.3. The lowest BCUT2D eigenvalue weighted by Crippen LogP contribution is -2.12. The number of nitrogens with zero attached hydrogens (tertiary/aromatic N) is 2. The molecule has 0 unspecified atom stereocenters. The molecule has 2 aromatic heterocycles. The first kappa shape index (κ1) is 16.5. The smallest absolute Gasteiger partial charge is 0.271 e. The third-order valence-electron chi connectivity index (χ3n) is 3.21. The second-order valence-corrected chi connectivity index (χ2v) is 7.64. The van der Waals surface area contributed by atoms with Crippen molar-refractivity contribution in [1.29, 1.82) is 0 Å². The minimum atomic E-state index is -3.73. The summed E-state index contributed by atoms with van der Waals surface area (Å²) in [4.78, 5) is 0. The zero-order chi connectivity index (χ0) is 17.2. The molecular formula is C15H15N3O4S2. The van der Waals surface area contributed by atoms with Gasteiger partial charge in [0.25, 0.3) is 10.0 Å². The number of aromatic nitrogens is 2. The first-order chi connectivity index (χ1) is 11.5. The molecule has 126 valence electrons. The van der Waals surface area contributed by atoms with Crippen LogP contribution in [0.3, 0.4) is 0 Å². The third-order valence-corrected chi connectivity index (χ3v) is 6.01. The molecule has 1 aromatic carbocycles. The number of benzene rings is 1. The van der Waals surface area contributed by atoms with Crippen LogP contribution in [0.1, 0.15) is 12.8 Å². The number of ether oxygens (including phenoxy) is 1. The SMILES string of the molecule is CCc1nnc(-c2csc(S(=O)(=O)Nc3ccccc3OC)c2)o1. The largest absolute Gasteiger partial charge is 0.495 e. The highest BCUT2D eigenvalue weighted by Gasteiger charge is 2.20. The summed E-state index contributed by atoms with van der Waals surface area (Å²) in [6.07, 6.45) is 0.623. The van der Waals surface area contributed by atoms with Crippen molar-refractivity contribution in [2.45, 2.75) is 17.6 Å². The van der Waals surface area contributed by atoms with Gasteiger partial charge in [0.1, 0.15) is 9.96 Å². The number of para-hydroxylation sites is 2. The fourth-order valence-electron chi connectivity index (χ4n) is 2.01. The molecule has 1 N–H and O–H groups in total. The van der Waals surface area contributed by atoms with Crippen molar-refractivity contribution in [2.24, 2.45) is 0 Å². The Kier molecular flexibility index (Phi) is 4.54. The van der Waals surface area contributed by atoms with Crippen LogP contribution in [0.2, 0.25) is 0 Å². The van der Waals surface area contributed by atoms with Gasteiger partial charge >= 0.3 is 0 Å². The molecule has 24 heavy (non-hydrogen) atoms. The van der Waals surface area contributed by atoms with Gasteiger partial charge < -0.3 is 9.15 Å². The van der Waals surface area contributed by atoms with Crippen LogP contribution in [0.5, 0.6) is 5.75 Å². The molecule has 0 aliphatic heterocycles. The molecule has 0 aliphatic rings. The molecule has 0 fully saturated rings. The monoisotopic (exact) mass is 365 g/mol. The predicted molar refractivity (Wildman–Crippen MR) is 90.8 cm³/mol. The van der Waals surface area contributed by atoms with Crippen LogP contribution in [-0.2, 0) is 16.4 Å². The standard InChI is InChI=1S/C15H15N3O4S2/c1-3-13-16-17-15(22-13)10-8-14(23-9-10)24(19,20)18-11-6-4-5-7-12(11)21-2/h4-9,18H,3H2,1-2H3. The van der Waals surface area contributed by atoms with Crippen molar-refractivity contribution >= 4 is 27.0 Å². The third kappa shape index (κ3) is 3.26. The van der Waals surface area contributed by atoms with Crippen molar-refractivity contribution in [3.63, 3.8) is 0 Å². The zero-order valence-corrected chi connectivity index (χ0v) is 14.6. The van der Waals surface area contributed by atoms with Crippen LogP contribution in [0, 0.1) is 0 Å². The summed E-state index contributed by atoms with van der Waals surface area (Å²) in [5, 5.41) is 9.47. The van der Waals surface area contributed by atoms with Gasteiger partial charge in [-0.1, -0.05) is 19.1 Å². The van der Waals surface area contributed by atoms with E-state index in [1.165, 1.54) is 13.2 Å². The van der Waals surface area contributed by atoms with Gasteiger partial charge in [-0.05, 0) is 18.2 Å². The van der Waals surface area contributed by atoms with Crippen LogP contribution in [0.4, 0.5) is 5.69 Å². The molecule has 0 radical (unpaired) electrons. The first-order valence-corrected chi connectivity index (χ1v) is 9.47. The average Bonchev–Trinajstić information content (AvgIpc) is 3.24. The molecule has 0 saturated heterocycles. The van der Waals surface area contributed by atoms with Crippen LogP contribution >= 0.6 is 11.3 Å². The molecule has 0 bridgehead atoms. The first-order valence-electron chi connectivity index (χ1n) is 7.10. The van der Waals surface area contributed by atoms with E-state index in [0.717, 1.165) is 11.3 Å². The molecule has 3 rings (SSSR count). The van der Waals surface area contributed by atoms with Gasteiger partial charge in [-0.25, -0.2) is 8.42 Å². The van der Waals surface area contributed by atoms with Crippen molar-refractivity contribution in [1.82, 2.24) is 10.2 Å². The predicted octanol–water partition coefficient (Wildman–Crippen LogP) is 3.17. The van der Waals surface area contributed by atoms with Crippen LogP contribution in [-0.4, -0.2) is 25.7 Å². The second kappa shape index (κ2) is 6.62. The molecule has 0 aliphatic carbocycles. The number of anilines is 1. The molecule has 9 heteroatoms. The van der Waals surface area contributed by atoms with Crippen molar-refractivity contribution in [2.75, 3.05) is 11.8 Å². The summed E-state index contributed by atoms with van der Waals surface area (Å²) < 4.78 is 38.4. The van der Waals surface area contributed by atoms with Gasteiger partial charge in [0.15, 0.2) is 0 Å². The summed E-state index contributed by atoms with van der Waals surface area (Å²) in [6, 6.07) is 8.32. The molecule has 0 saturated carbocycles. The summed E-state index contributed by atoms with van der Waals surface area (Å²) >= 11 is 1.08. The Bertz CT molecular complexity index is 947. The lowest BCUT2D eigenvalue weighted by molar-refractivity contribution is 0.417. The molecule has 0 spiro atoms. The minimum Gasteiger partial charge on any atom is -0.495 e. The van der Waals surface area contributed by atoms with Gasteiger partial charge in [0.05, 0.1) is 18.4 Å². The zero-order valence-electron chi connectivity index (χ0n) is 13.0. The number of methoxy groups -OCH3 is 1. The summed E-state index contributed by atoms with van der Waals surface area (Å²) in [6.45, 7) is 1.90. The number of hydrogen-bond acceptors (Lipinski definition) is 7. The fourth-order valence-corrected chi connectivity index (χ4v) is 4.23. The number of sulfonamides is 1. The summed E-state index contributed by atoms with van der Waals surface area (Å²) in [7, 11) is -2.25. The van der Waals surface area contributed by atoms with E-state index in [9.17, 15) is 8.42 Å². The number of aryl methyl sites for hydroxylation is 1. The Morgan fingerprint density at radius 2 is 2.08 bits per heavy atom. The molecule has 3 aromatic rings. The van der Waals surface area contributed by atoms with E-state index in [2.05, 4.69) is 14.9 Å². The highest BCUT2D eigenvalue weighted by Crippen LogP contribution is 2.31. The van der Waals surface area contributed by atoms with Crippen LogP contribution in [0.25, 0.3) is 11.5 Å². The molecule has 0 amide bonds. The van der Waals surface area contributed by atoms with Crippen LogP contribution < -0.4 is 9.46 Å². The average molecular weight is 365 g/mol. The molecular weight excluding hydrogens is 350 g/mol. The summed E-state index contributed by atoms with van der Waals surface area (Å²) in [5.74, 6) is 1.26. The maximum Gasteiger partial charge on any atom is 0.271 e. The van der Waals surface area contributed by atoms with Crippen molar-refractivity contribution in [3.8, 4) is 17.2 Å². The number of nitrogens with one attached hydrogen (secondary N) is 1. The van der Waals surface area contributed by atoms with E-state index >= 15 is 0 Å². The van der Waals surface area contributed by atoms with Gasteiger partial charge in [-0.2, -0.15) is 0 Å². The van der Waals surface area contributed by atoms with Crippen molar-refractivity contribution < 1.29 is 17.6 Å². The maximum absolute atomic E-state index is 12.6. The van der Waals surface area contributed by atoms with E-state index in [4.69, 9.17) is 9.15 Å². The fraction of sp³-hybridized carbons (Fsp3) is 0.200. The quantitative estimate of drug-likeness (QED) is 0.721. The number of hydrogen-bond donors (Lipinski definition) is 1. The number of rotatable bonds is 6. The van der Waals surface area contributed by atoms with E-state index < -0.39 is 10.0 Å². The molecule has 2 heterocycles. The number of thiophene rings is 1. The maximum atomic E-state index is 12.6. The van der Waals surface area contributed by atoms with Gasteiger partial charge in [-0.15, -0.1) is 21.5 Å². The Labute approximate surface area is 143 Å². The Hall–Kier alpha value is -2.39. The Morgan fingerprint density at radius 3 is 2.79 bits per heavy atom. The van der Waals surface area contributed by atoms with E-state index in [1.54, 1.807) is 29.6 Å². The van der Waals surface area contributed by atoms with E-state index in [0.29, 0.717) is 35.2 Å². The lowest BCUT2D eigenvalue weighted by Gasteiger charge is -2.10. The van der Waals surface area contributed by atoms with Gasteiger partial charge in [0, 0.05) is 11.8 Å². The Balaban J connectivity index is 1.88. The minimum absolute atomic E-state index is 0.152. The van der Waals surface area contributed by atoms with E-state index in [-0.39, 0.29) is 4.21 Å². The summed E-state index contributed by atoms with van der Waals surface area (Å²) in [5.41, 5.74) is 0.952. The van der Waals surface area contributed by atoms with Gasteiger partial charge in [0.2, 0.25) is 11.8 Å². The van der Waals surface area contributed by atoms with Crippen LogP contribution in [0.15, 0.2) is 44.3 Å². The van der Waals surface area contributed by atoms with E-state index in [1.807, 2.05) is 6.92 Å². The Morgan fingerprint density at radius 1 is 1.29 bits per heavy atom. The topological polar surface area (TPSA) is 94.3 Å². The van der Waals surface area contributed by atoms with Crippen molar-refractivity contribution in [3.05, 3.63) is 41.6 Å².